The van der Waals surface area contributed by atoms with Crippen molar-refractivity contribution in [2.24, 2.45) is 0 Å². The predicted molar refractivity (Wildman–Crippen MR) is 101 cm³/mol. The van der Waals surface area contributed by atoms with Gasteiger partial charge in [-0.3, -0.25) is 9.59 Å². The van der Waals surface area contributed by atoms with Gasteiger partial charge in [0.15, 0.2) is 0 Å². The van der Waals surface area contributed by atoms with Crippen LogP contribution < -0.4 is 15.6 Å². The zero-order valence-corrected chi connectivity index (χ0v) is 15.5. The maximum absolute atomic E-state index is 12.4. The van der Waals surface area contributed by atoms with Crippen molar-refractivity contribution in [3.05, 3.63) is 68.5 Å². The monoisotopic (exact) mass is 413 g/mol. The number of nitrogens with zero attached hydrogens (tertiary/aromatic N) is 2. The van der Waals surface area contributed by atoms with Crippen LogP contribution in [0.25, 0.3) is 10.8 Å². The summed E-state index contributed by atoms with van der Waals surface area (Å²) in [5, 5.41) is 8.23. The van der Waals surface area contributed by atoms with Crippen molar-refractivity contribution in [1.82, 2.24) is 15.1 Å². The fourth-order valence-electron chi connectivity index (χ4n) is 3.10. The lowest BCUT2D eigenvalue weighted by Crippen LogP contribution is -2.33. The molecule has 0 spiro atoms. The quantitative estimate of drug-likeness (QED) is 0.712. The maximum Gasteiger partial charge on any atom is 0.275 e. The highest BCUT2D eigenvalue weighted by molar-refractivity contribution is 9.10. The van der Waals surface area contributed by atoms with Gasteiger partial charge in [0.05, 0.1) is 18.2 Å². The maximum atomic E-state index is 12.4. The normalized spacial score (nSPS) is 12.7. The van der Waals surface area contributed by atoms with Crippen molar-refractivity contribution in [2.75, 3.05) is 6.61 Å². The van der Waals surface area contributed by atoms with Gasteiger partial charge >= 0.3 is 0 Å². The number of hydrogen-bond acceptors (Lipinski definition) is 4. The van der Waals surface area contributed by atoms with Crippen LogP contribution in [-0.2, 0) is 24.3 Å². The van der Waals surface area contributed by atoms with E-state index in [1.54, 1.807) is 18.3 Å². The van der Waals surface area contributed by atoms with Crippen molar-refractivity contribution in [1.29, 1.82) is 0 Å². The average molecular weight is 414 g/mol. The van der Waals surface area contributed by atoms with Gasteiger partial charge < -0.3 is 10.1 Å². The predicted octanol–water partition coefficient (Wildman–Crippen LogP) is 2.41. The zero-order valence-electron chi connectivity index (χ0n) is 13.9. The van der Waals surface area contributed by atoms with Crippen LogP contribution in [0.1, 0.15) is 11.1 Å². The summed E-state index contributed by atoms with van der Waals surface area (Å²) < 4.78 is 7.80. The molecule has 0 saturated heterocycles. The molecular formula is C19H16BrN3O3. The smallest absolute Gasteiger partial charge is 0.275 e. The lowest BCUT2D eigenvalue weighted by atomic mass is 10.1. The molecule has 1 N–H and O–H groups in total. The highest BCUT2D eigenvalue weighted by Gasteiger charge is 2.18. The Hall–Kier alpha value is -2.67. The topological polar surface area (TPSA) is 73.2 Å². The third-order valence-electron chi connectivity index (χ3n) is 4.36. The molecule has 132 valence electrons. The Morgan fingerprint density at radius 1 is 1.31 bits per heavy atom. The molecule has 1 aliphatic rings. The third kappa shape index (κ3) is 3.22. The number of nitrogens with one attached hydrogen (secondary N) is 1. The lowest BCUT2D eigenvalue weighted by molar-refractivity contribution is -0.122. The number of hydrogen-bond donors (Lipinski definition) is 1. The van der Waals surface area contributed by atoms with Gasteiger partial charge in [0.25, 0.3) is 5.56 Å². The number of benzene rings is 2. The van der Waals surface area contributed by atoms with Gasteiger partial charge in [-0.05, 0) is 23.8 Å². The molecule has 1 aliphatic heterocycles. The van der Waals surface area contributed by atoms with Gasteiger partial charge in [0, 0.05) is 28.4 Å². The van der Waals surface area contributed by atoms with Crippen LogP contribution in [0.3, 0.4) is 0 Å². The highest BCUT2D eigenvalue weighted by atomic mass is 79.9. The molecule has 4 rings (SSSR count). The fourth-order valence-corrected chi connectivity index (χ4v) is 3.66. The van der Waals surface area contributed by atoms with Crippen molar-refractivity contribution in [3.63, 3.8) is 0 Å². The zero-order chi connectivity index (χ0) is 18.1. The minimum absolute atomic E-state index is 0.124. The largest absolute Gasteiger partial charge is 0.493 e. The van der Waals surface area contributed by atoms with E-state index in [0.717, 1.165) is 33.2 Å². The van der Waals surface area contributed by atoms with E-state index in [1.165, 1.54) is 4.68 Å². The first kappa shape index (κ1) is 16.8. The molecule has 1 aromatic heterocycles. The van der Waals surface area contributed by atoms with Crippen LogP contribution in [0.5, 0.6) is 5.75 Å². The molecule has 1 amide bonds. The van der Waals surface area contributed by atoms with Crippen LogP contribution in [0.2, 0.25) is 0 Å². The second kappa shape index (κ2) is 6.92. The SMILES string of the molecule is O=C(Cn1ncc2ccccc2c1=O)NCc1cc(Br)cc2c1OCC2. The van der Waals surface area contributed by atoms with E-state index < -0.39 is 0 Å². The Balaban J connectivity index is 1.49. The summed E-state index contributed by atoms with van der Waals surface area (Å²) in [6, 6.07) is 11.2. The van der Waals surface area contributed by atoms with Gasteiger partial charge in [-0.1, -0.05) is 34.1 Å². The highest BCUT2D eigenvalue weighted by Crippen LogP contribution is 2.32. The average Bonchev–Trinajstić information content (AvgIpc) is 3.10. The number of halogens is 1. The lowest BCUT2D eigenvalue weighted by Gasteiger charge is -2.11. The van der Waals surface area contributed by atoms with Gasteiger partial charge in [-0.2, -0.15) is 5.10 Å². The fraction of sp³-hybridized carbons (Fsp3) is 0.211. The first-order chi connectivity index (χ1) is 12.6. The van der Waals surface area contributed by atoms with Crippen LogP contribution in [-0.4, -0.2) is 22.3 Å². The van der Waals surface area contributed by atoms with Crippen molar-refractivity contribution < 1.29 is 9.53 Å². The van der Waals surface area contributed by atoms with Gasteiger partial charge in [0.2, 0.25) is 5.91 Å². The molecule has 0 unspecified atom stereocenters. The van der Waals surface area contributed by atoms with Gasteiger partial charge in [-0.25, -0.2) is 4.68 Å². The number of carbonyl (C=O) groups is 1. The number of aromatic nitrogens is 2. The molecule has 3 aromatic rings. The molecular weight excluding hydrogens is 398 g/mol. The Bertz CT molecular complexity index is 1060. The Labute approximate surface area is 157 Å². The van der Waals surface area contributed by atoms with Crippen LogP contribution in [0.15, 0.2) is 51.9 Å². The molecule has 2 heterocycles. The van der Waals surface area contributed by atoms with Crippen LogP contribution in [0, 0.1) is 0 Å². The molecule has 0 bridgehead atoms. The van der Waals surface area contributed by atoms with Gasteiger partial charge in [0.1, 0.15) is 12.3 Å². The minimum atomic E-state index is -0.276. The second-order valence-electron chi connectivity index (χ2n) is 6.12. The second-order valence-corrected chi connectivity index (χ2v) is 7.04. The molecule has 0 fully saturated rings. The van der Waals surface area contributed by atoms with E-state index in [4.69, 9.17) is 4.74 Å². The van der Waals surface area contributed by atoms with E-state index in [0.29, 0.717) is 18.5 Å². The first-order valence-electron chi connectivity index (χ1n) is 8.27. The van der Waals surface area contributed by atoms with Crippen molar-refractivity contribution in [2.45, 2.75) is 19.5 Å². The van der Waals surface area contributed by atoms with Crippen molar-refractivity contribution >= 4 is 32.6 Å². The molecule has 7 heteroatoms. The van der Waals surface area contributed by atoms with Crippen LogP contribution in [0.4, 0.5) is 0 Å². The van der Waals surface area contributed by atoms with Crippen LogP contribution >= 0.6 is 15.9 Å². The van der Waals surface area contributed by atoms with E-state index in [1.807, 2.05) is 24.3 Å². The first-order valence-corrected chi connectivity index (χ1v) is 9.07. The Kier molecular flexibility index (Phi) is 4.46. The standard InChI is InChI=1S/C19H16BrN3O3/c20-15-7-12-5-6-26-18(12)14(8-15)9-21-17(24)11-23-19(25)16-4-2-1-3-13(16)10-22-23/h1-4,7-8,10H,5-6,9,11H2,(H,21,24). The molecule has 0 atom stereocenters. The molecule has 0 aliphatic carbocycles. The molecule has 2 aromatic carbocycles. The summed E-state index contributed by atoms with van der Waals surface area (Å²) in [6.07, 6.45) is 2.46. The van der Waals surface area contributed by atoms with Crippen molar-refractivity contribution in [3.8, 4) is 5.75 Å². The summed E-state index contributed by atoms with van der Waals surface area (Å²) in [5.41, 5.74) is 1.78. The van der Waals surface area contributed by atoms with E-state index in [9.17, 15) is 9.59 Å². The molecule has 26 heavy (non-hydrogen) atoms. The number of amides is 1. The minimum Gasteiger partial charge on any atom is -0.493 e. The Morgan fingerprint density at radius 3 is 3.04 bits per heavy atom. The molecule has 0 radical (unpaired) electrons. The third-order valence-corrected chi connectivity index (χ3v) is 4.81. The Morgan fingerprint density at radius 2 is 2.15 bits per heavy atom. The number of fused-ring (bicyclic) bond motifs is 2. The summed E-state index contributed by atoms with van der Waals surface area (Å²) in [4.78, 5) is 24.7. The number of carbonyl (C=O) groups excluding carboxylic acids is 1. The van der Waals surface area contributed by atoms with E-state index in [2.05, 4.69) is 26.3 Å². The summed E-state index contributed by atoms with van der Waals surface area (Å²) in [6.45, 7) is 0.868. The van der Waals surface area contributed by atoms with Gasteiger partial charge in [-0.15, -0.1) is 0 Å². The molecule has 6 nitrogen and oxygen atoms in total. The summed E-state index contributed by atoms with van der Waals surface area (Å²) in [5.74, 6) is 0.566. The number of ether oxygens (including phenoxy) is 1. The molecule has 0 saturated carbocycles. The van der Waals surface area contributed by atoms with E-state index >= 15 is 0 Å². The number of rotatable bonds is 4. The van der Waals surface area contributed by atoms with E-state index in [-0.39, 0.29) is 18.0 Å². The summed E-state index contributed by atoms with van der Waals surface area (Å²) >= 11 is 3.49. The summed E-state index contributed by atoms with van der Waals surface area (Å²) in [7, 11) is 0.